The molecule has 1 aromatic carbocycles. The van der Waals surface area contributed by atoms with Crippen molar-refractivity contribution in [3.63, 3.8) is 0 Å². The van der Waals surface area contributed by atoms with Gasteiger partial charge < -0.3 is 10.6 Å². The van der Waals surface area contributed by atoms with Crippen LogP contribution in [0.3, 0.4) is 0 Å². The molecule has 0 aromatic heterocycles. The predicted octanol–water partition coefficient (Wildman–Crippen LogP) is 2.60. The van der Waals surface area contributed by atoms with Crippen molar-refractivity contribution in [1.82, 2.24) is 15.5 Å². The molecule has 6 nitrogen and oxygen atoms in total. The van der Waals surface area contributed by atoms with E-state index in [0.29, 0.717) is 12.1 Å². The highest BCUT2D eigenvalue weighted by Gasteiger charge is 2.49. The van der Waals surface area contributed by atoms with E-state index >= 15 is 0 Å². The molecule has 0 unspecified atom stereocenters. The molecule has 1 fully saturated rings. The van der Waals surface area contributed by atoms with Crippen LogP contribution in [0.15, 0.2) is 35.9 Å². The number of carbonyl (C=O) groups is 3. The number of hydrogen-bond acceptors (Lipinski definition) is 3. The average Bonchev–Trinajstić information content (AvgIpc) is 2.87. The number of rotatable bonds is 6. The van der Waals surface area contributed by atoms with E-state index in [9.17, 15) is 18.8 Å². The van der Waals surface area contributed by atoms with Crippen LogP contribution in [0.1, 0.15) is 44.6 Å². The summed E-state index contributed by atoms with van der Waals surface area (Å²) in [5.74, 6) is -1.33. The average molecular weight is 373 g/mol. The Balaban J connectivity index is 1.57. The summed E-state index contributed by atoms with van der Waals surface area (Å²) in [6.07, 6.45) is 7.58. The monoisotopic (exact) mass is 373 g/mol. The highest BCUT2D eigenvalue weighted by Crippen LogP contribution is 2.28. The number of nitrogens with zero attached hydrogens (tertiary/aromatic N) is 1. The van der Waals surface area contributed by atoms with Gasteiger partial charge in [-0.25, -0.2) is 9.18 Å². The van der Waals surface area contributed by atoms with Crippen molar-refractivity contribution in [2.45, 2.75) is 44.6 Å². The number of urea groups is 1. The smallest absolute Gasteiger partial charge is 0.325 e. The molecule has 1 aliphatic carbocycles. The zero-order valence-corrected chi connectivity index (χ0v) is 15.4. The minimum absolute atomic E-state index is 0.333. The Morgan fingerprint density at radius 3 is 2.67 bits per heavy atom. The maximum absolute atomic E-state index is 13.1. The van der Waals surface area contributed by atoms with E-state index in [1.165, 1.54) is 42.7 Å². The SMILES string of the molecule is C[C@@]1(c2ccc(F)cc2)NC(=O)N(CC(=O)NCCC2=CCCCC2)C1=O. The molecule has 144 valence electrons. The molecule has 0 spiro atoms. The fraction of sp³-hybridized carbons (Fsp3) is 0.450. The van der Waals surface area contributed by atoms with Gasteiger partial charge in [-0.1, -0.05) is 23.8 Å². The van der Waals surface area contributed by atoms with Gasteiger partial charge in [-0.2, -0.15) is 0 Å². The number of hydrogen-bond donors (Lipinski definition) is 2. The van der Waals surface area contributed by atoms with Crippen LogP contribution in [0.5, 0.6) is 0 Å². The fourth-order valence-electron chi connectivity index (χ4n) is 3.51. The van der Waals surface area contributed by atoms with Crippen molar-refractivity contribution in [2.75, 3.05) is 13.1 Å². The molecule has 0 bridgehead atoms. The third kappa shape index (κ3) is 4.18. The second-order valence-electron chi connectivity index (χ2n) is 7.16. The van der Waals surface area contributed by atoms with Crippen LogP contribution in [-0.2, 0) is 15.1 Å². The molecule has 2 N–H and O–H groups in total. The zero-order chi connectivity index (χ0) is 19.4. The maximum Gasteiger partial charge on any atom is 0.325 e. The molecule has 0 saturated carbocycles. The summed E-state index contributed by atoms with van der Waals surface area (Å²) in [6, 6.07) is 4.74. The highest BCUT2D eigenvalue weighted by molar-refractivity contribution is 6.09. The third-order valence-corrected chi connectivity index (χ3v) is 5.15. The topological polar surface area (TPSA) is 78.5 Å². The van der Waals surface area contributed by atoms with Crippen molar-refractivity contribution in [1.29, 1.82) is 0 Å². The Hall–Kier alpha value is -2.70. The van der Waals surface area contributed by atoms with Crippen LogP contribution in [0, 0.1) is 5.82 Å². The van der Waals surface area contributed by atoms with Gasteiger partial charge in [0.15, 0.2) is 0 Å². The lowest BCUT2D eigenvalue weighted by Gasteiger charge is -2.22. The highest BCUT2D eigenvalue weighted by atomic mass is 19.1. The van der Waals surface area contributed by atoms with Gasteiger partial charge in [-0.15, -0.1) is 0 Å². The number of halogens is 1. The summed E-state index contributed by atoms with van der Waals surface area (Å²) in [5.41, 5.74) is 0.507. The number of imide groups is 1. The number of carbonyl (C=O) groups excluding carboxylic acids is 3. The summed E-state index contributed by atoms with van der Waals surface area (Å²) < 4.78 is 13.1. The van der Waals surface area contributed by atoms with Crippen LogP contribution in [0.4, 0.5) is 9.18 Å². The summed E-state index contributed by atoms with van der Waals surface area (Å²) >= 11 is 0. The summed E-state index contributed by atoms with van der Waals surface area (Å²) in [7, 11) is 0. The van der Waals surface area contributed by atoms with Gasteiger partial charge in [0.25, 0.3) is 5.91 Å². The minimum Gasteiger partial charge on any atom is -0.354 e. The summed E-state index contributed by atoms with van der Waals surface area (Å²) in [6.45, 7) is 1.71. The van der Waals surface area contributed by atoms with Crippen LogP contribution in [0.2, 0.25) is 0 Å². The molecule has 27 heavy (non-hydrogen) atoms. The molecule has 1 atom stereocenters. The number of amides is 4. The number of nitrogens with one attached hydrogen (secondary N) is 2. The summed E-state index contributed by atoms with van der Waals surface area (Å²) in [4.78, 5) is 38.0. The van der Waals surface area contributed by atoms with E-state index in [-0.39, 0.29) is 12.5 Å². The van der Waals surface area contributed by atoms with Gasteiger partial charge >= 0.3 is 6.03 Å². The van der Waals surface area contributed by atoms with Crippen molar-refractivity contribution >= 4 is 17.8 Å². The van der Waals surface area contributed by atoms with E-state index in [1.807, 2.05) is 0 Å². The van der Waals surface area contributed by atoms with Gasteiger partial charge in [0, 0.05) is 6.54 Å². The van der Waals surface area contributed by atoms with Crippen LogP contribution in [-0.4, -0.2) is 35.8 Å². The van der Waals surface area contributed by atoms with Gasteiger partial charge in [0.1, 0.15) is 17.9 Å². The Morgan fingerprint density at radius 2 is 2.00 bits per heavy atom. The second-order valence-corrected chi connectivity index (χ2v) is 7.16. The number of allylic oxidation sites excluding steroid dienone is 1. The third-order valence-electron chi connectivity index (χ3n) is 5.15. The molecule has 1 saturated heterocycles. The molecule has 1 aromatic rings. The van der Waals surface area contributed by atoms with Crippen LogP contribution < -0.4 is 10.6 Å². The minimum atomic E-state index is -1.31. The van der Waals surface area contributed by atoms with Crippen molar-refractivity contribution < 1.29 is 18.8 Å². The van der Waals surface area contributed by atoms with Gasteiger partial charge in [-0.05, 0) is 56.7 Å². The maximum atomic E-state index is 13.1. The molecule has 7 heteroatoms. The van der Waals surface area contributed by atoms with E-state index in [2.05, 4.69) is 16.7 Å². The Labute approximate surface area is 157 Å². The molecular formula is C20H24FN3O3. The van der Waals surface area contributed by atoms with Crippen LogP contribution in [0.25, 0.3) is 0 Å². The van der Waals surface area contributed by atoms with Crippen molar-refractivity contribution in [3.8, 4) is 0 Å². The van der Waals surface area contributed by atoms with Crippen molar-refractivity contribution in [2.24, 2.45) is 0 Å². The largest absolute Gasteiger partial charge is 0.354 e. The van der Waals surface area contributed by atoms with Crippen molar-refractivity contribution in [3.05, 3.63) is 47.3 Å². The molecule has 4 amide bonds. The Morgan fingerprint density at radius 1 is 1.26 bits per heavy atom. The quantitative estimate of drug-likeness (QED) is 0.594. The summed E-state index contributed by atoms with van der Waals surface area (Å²) in [5, 5.41) is 5.37. The first-order valence-electron chi connectivity index (χ1n) is 9.25. The van der Waals surface area contributed by atoms with E-state index in [0.717, 1.165) is 24.2 Å². The van der Waals surface area contributed by atoms with Gasteiger partial charge in [-0.3, -0.25) is 14.5 Å². The van der Waals surface area contributed by atoms with Crippen LogP contribution >= 0.6 is 0 Å². The standard InChI is InChI=1S/C20H24FN3O3/c1-20(15-7-9-16(21)10-8-15)18(26)24(19(27)23-20)13-17(25)22-12-11-14-5-3-2-4-6-14/h5,7-10H,2-4,6,11-13H2,1H3,(H,22,25)(H,23,27)/t20-/m0/s1. The van der Waals surface area contributed by atoms with E-state index < -0.39 is 23.3 Å². The molecule has 0 radical (unpaired) electrons. The lowest BCUT2D eigenvalue weighted by atomic mass is 9.92. The second kappa shape index (κ2) is 7.90. The van der Waals surface area contributed by atoms with Gasteiger partial charge in [0.2, 0.25) is 5.91 Å². The first-order valence-corrected chi connectivity index (χ1v) is 9.25. The zero-order valence-electron chi connectivity index (χ0n) is 15.4. The van der Waals surface area contributed by atoms with E-state index in [4.69, 9.17) is 0 Å². The first kappa shape index (κ1) is 19.1. The van der Waals surface area contributed by atoms with E-state index in [1.54, 1.807) is 6.92 Å². The Bertz CT molecular complexity index is 775. The molecule has 2 aliphatic rings. The number of benzene rings is 1. The normalized spacial score (nSPS) is 22.4. The van der Waals surface area contributed by atoms with Gasteiger partial charge in [0.05, 0.1) is 0 Å². The molecule has 3 rings (SSSR count). The predicted molar refractivity (Wildman–Crippen MR) is 98.2 cm³/mol. The Kier molecular flexibility index (Phi) is 5.58. The lowest BCUT2D eigenvalue weighted by Crippen LogP contribution is -2.43. The molecule has 1 heterocycles. The fourth-order valence-corrected chi connectivity index (χ4v) is 3.51. The molecule has 1 aliphatic heterocycles. The lowest BCUT2D eigenvalue weighted by molar-refractivity contribution is -0.134. The first-order chi connectivity index (χ1) is 12.9. The molecular weight excluding hydrogens is 349 g/mol.